The van der Waals surface area contributed by atoms with Crippen molar-refractivity contribution >= 4 is 126 Å². The Morgan fingerprint density at radius 2 is 0.552 bits per heavy atom. The van der Waals surface area contributed by atoms with Gasteiger partial charge in [0.15, 0.2) is 0 Å². The van der Waals surface area contributed by atoms with Crippen LogP contribution >= 0.6 is 0 Å². The van der Waals surface area contributed by atoms with E-state index in [-0.39, 0.29) is 17.1 Å². The number of fused-ring (bicyclic) bond motifs is 5. The molecule has 0 fully saturated rings. The monoisotopic (exact) mass is 1890 g/mol. The second-order valence-corrected chi connectivity index (χ2v) is 32.6. The summed E-state index contributed by atoms with van der Waals surface area (Å²) >= 11 is 0. The number of nitrogens with one attached hydrogen (secondary N) is 5. The van der Waals surface area contributed by atoms with E-state index in [0.717, 1.165) is 61.8 Å². The number of nitro benzene ring substituents is 1. The molecule has 20 rings (SSSR count). The number of aromatic nitrogens is 10. The molecule has 143 heavy (non-hydrogen) atoms. The van der Waals surface area contributed by atoms with Crippen LogP contribution in [0.4, 0.5) is 44.2 Å². The number of rotatable bonds is 26. The van der Waals surface area contributed by atoms with Crippen LogP contribution in [0.25, 0.3) is 27.6 Å². The summed E-state index contributed by atoms with van der Waals surface area (Å²) in [6.45, 7) is 2.05. The van der Waals surface area contributed by atoms with Gasteiger partial charge in [-0.1, -0.05) is 109 Å². The van der Waals surface area contributed by atoms with Crippen LogP contribution in [0.2, 0.25) is 0 Å². The number of nitriles is 1. The van der Waals surface area contributed by atoms with E-state index in [2.05, 4.69) is 81.8 Å². The summed E-state index contributed by atoms with van der Waals surface area (Å²) in [5, 5.41) is 32.7. The maximum Gasteiger partial charge on any atom is 0.296 e. The van der Waals surface area contributed by atoms with Gasteiger partial charge in [0.25, 0.3) is 64.1 Å². The van der Waals surface area contributed by atoms with Gasteiger partial charge in [0, 0.05) is 140 Å². The van der Waals surface area contributed by atoms with E-state index in [1.807, 2.05) is 169 Å². The largest absolute Gasteiger partial charge is 0.399 e. The summed E-state index contributed by atoms with van der Waals surface area (Å²) < 4.78 is 22.7. The van der Waals surface area contributed by atoms with E-state index in [4.69, 9.17) is 11.0 Å². The average molecular weight is 1890 g/mol. The van der Waals surface area contributed by atoms with Crippen LogP contribution in [0.15, 0.2) is 396 Å². The van der Waals surface area contributed by atoms with Gasteiger partial charge in [-0.2, -0.15) is 5.26 Å². The molecule has 15 heterocycles. The highest BCUT2D eigenvalue weighted by molar-refractivity contribution is 6.50. The van der Waals surface area contributed by atoms with Gasteiger partial charge in [0.1, 0.15) is 5.82 Å². The van der Waals surface area contributed by atoms with Crippen molar-refractivity contribution in [3.63, 3.8) is 0 Å². The topological polar surface area (TPSA) is 410 Å². The van der Waals surface area contributed by atoms with Crippen molar-refractivity contribution in [1.29, 1.82) is 5.26 Å². The van der Waals surface area contributed by atoms with Crippen molar-refractivity contribution in [2.45, 2.75) is 39.0 Å². The third-order valence-corrected chi connectivity index (χ3v) is 22.8. The molecule has 15 aromatic heterocycles. The number of carbonyl (C=O) groups excluding carboxylic acids is 10. The number of anilines is 6. The molecular formula is C112H85FN18O12. The predicted molar refractivity (Wildman–Crippen MR) is 540 cm³/mol. The van der Waals surface area contributed by atoms with E-state index in [1.165, 1.54) is 60.8 Å². The maximum atomic E-state index is 13.2. The highest BCUT2D eigenvalue weighted by atomic mass is 19.1. The van der Waals surface area contributed by atoms with E-state index >= 15 is 0 Å². The number of amides is 5. The number of nitrogen functional groups attached to an aromatic ring is 1. The van der Waals surface area contributed by atoms with Crippen LogP contribution in [0, 0.1) is 34.2 Å². The minimum atomic E-state index is -0.749. The number of hydrogen-bond donors (Lipinski definition) is 6. The lowest BCUT2D eigenvalue weighted by molar-refractivity contribution is -0.384. The highest BCUT2D eigenvalue weighted by Crippen LogP contribution is 2.30. The first-order valence-corrected chi connectivity index (χ1v) is 44.6. The van der Waals surface area contributed by atoms with Crippen molar-refractivity contribution in [2.24, 2.45) is 0 Å². The fourth-order valence-corrected chi connectivity index (χ4v) is 15.9. The third kappa shape index (κ3) is 23.9. The van der Waals surface area contributed by atoms with Gasteiger partial charge in [0.05, 0.1) is 131 Å². The van der Waals surface area contributed by atoms with Crippen molar-refractivity contribution in [1.82, 2.24) is 46.9 Å². The first-order valence-electron chi connectivity index (χ1n) is 44.6. The molecule has 0 unspecified atom stereocenters. The lowest BCUT2D eigenvalue weighted by Crippen LogP contribution is -2.22. The van der Waals surface area contributed by atoms with Crippen molar-refractivity contribution < 1.29 is 57.3 Å². The van der Waals surface area contributed by atoms with E-state index in [9.17, 15) is 62.5 Å². The molecule has 0 aliphatic heterocycles. The van der Waals surface area contributed by atoms with Crippen molar-refractivity contribution in [3.05, 3.63) is 507 Å². The molecule has 702 valence electrons. The van der Waals surface area contributed by atoms with Gasteiger partial charge in [-0.25, -0.2) is 4.39 Å². The smallest absolute Gasteiger partial charge is 0.296 e. The van der Waals surface area contributed by atoms with Gasteiger partial charge >= 0.3 is 0 Å². The van der Waals surface area contributed by atoms with Crippen LogP contribution in [0.5, 0.6) is 0 Å². The third-order valence-electron chi connectivity index (χ3n) is 22.8. The Bertz CT molecular complexity index is 7710. The Kier molecular flexibility index (Phi) is 30.3. The van der Waals surface area contributed by atoms with Crippen molar-refractivity contribution in [2.75, 3.05) is 32.3 Å². The lowest BCUT2D eigenvalue weighted by atomic mass is 10.1. The van der Waals surface area contributed by atoms with Gasteiger partial charge in [-0.3, -0.25) is 83.0 Å². The minimum absolute atomic E-state index is 0.0155. The first-order chi connectivity index (χ1) is 69.5. The normalized spacial score (nSPS) is 10.7. The SMILES string of the molecule is Cc1ccc(Cc2cc(C(=O)C(=O)Nc3cccnc3)c3ccccn23)cc1.N#Cc1ccc(Cc2cc(C(=O)C(=O)Nc3cccnc3)c3ccccn23)cc1.Nc1ccc(Cc2cc(C(=O)C(=O)Nc3cccnc3)c3ccccn23)cc1.O=C(Nc1cccnc1)C(=O)c1cc(Cc2ccc(F)cc2)n2ccccc12.O=C(Nc1cccnc1)C(=O)c1cc(Cc2ccc([N+](=O)[O-])cc2)n2ccccc12. The van der Waals surface area contributed by atoms with Gasteiger partial charge in [-0.15, -0.1) is 0 Å². The Morgan fingerprint density at radius 3 is 0.783 bits per heavy atom. The molecule has 0 aliphatic rings. The fourth-order valence-electron chi connectivity index (χ4n) is 15.9. The standard InChI is InChI=1S/C23H16N4O2.C23H19N3O2.C22H16FN3O2.C22H16N4O4.C22H18N4O2/c24-14-17-8-6-16(7-9-17)12-19-13-20(21-5-1-2-11-27(19)21)22(28)23(29)26-18-4-3-10-25-15-18;1-16-7-9-17(10-8-16)13-19-14-20(21-6-2-3-12-26(19)21)22(27)23(28)25-18-5-4-11-24-15-18;23-16-8-6-15(7-9-16)12-18-13-19(20-5-1-2-11-26(18)20)21(27)22(28)25-17-4-3-10-24-14-17;27-21(22(28)24-16-4-3-10-23-14-16)19-13-18(25-11-2-1-5-20(19)25)12-15-6-8-17(9-7-15)26(29)30;23-16-8-6-15(7-9-16)12-18-13-19(20-5-1-2-11-26(18)20)21(27)22(28)25-17-4-3-10-24-14-17/h1-11,13,15H,12H2,(H,26,29);2-12,14-15H,13H2,1H3,(H,25,28);1-11,13-14H,12H2,(H,25,28);1-11,13-14H,12H2,(H,24,28);1-11,13-14H,12,23H2,(H,25,28). The number of nitrogens with two attached hydrogens (primary N) is 1. The average Bonchev–Trinajstić information content (AvgIpc) is 1.66. The summed E-state index contributed by atoms with van der Waals surface area (Å²) in [7, 11) is 0. The Hall–Kier alpha value is -20.0. The zero-order valence-electron chi connectivity index (χ0n) is 76.3. The summed E-state index contributed by atoms with van der Waals surface area (Å²) in [4.78, 5) is 156. The Balaban J connectivity index is 0.000000128. The number of carbonyl (C=O) groups is 10. The number of non-ortho nitro benzene ring substituents is 1. The van der Waals surface area contributed by atoms with E-state index in [1.54, 1.807) is 177 Å². The molecule has 0 radical (unpaired) electrons. The molecule has 0 saturated carbocycles. The highest BCUT2D eigenvalue weighted by Gasteiger charge is 2.29. The lowest BCUT2D eigenvalue weighted by Gasteiger charge is -2.04. The number of Topliss-reactive ketones (excluding diaryl/α,β-unsaturated/α-hetero) is 5. The molecule has 0 bridgehead atoms. The number of benzene rings is 5. The quantitative estimate of drug-likeness (QED) is 0.00964. The minimum Gasteiger partial charge on any atom is -0.399 e. The number of nitrogens with zero attached hydrogens (tertiary/aromatic N) is 12. The zero-order chi connectivity index (χ0) is 99.8. The van der Waals surface area contributed by atoms with Crippen LogP contribution in [0.1, 0.15) is 119 Å². The summed E-state index contributed by atoms with van der Waals surface area (Å²) in [5.41, 5.74) is 25.0. The van der Waals surface area contributed by atoms with Crippen LogP contribution in [0.3, 0.4) is 0 Å². The van der Waals surface area contributed by atoms with Crippen molar-refractivity contribution in [3.8, 4) is 6.07 Å². The summed E-state index contributed by atoms with van der Waals surface area (Å²) in [6, 6.07) is 90.8. The molecule has 31 heteroatoms. The molecule has 0 aliphatic carbocycles. The molecule has 0 atom stereocenters. The van der Waals surface area contributed by atoms with Crippen LogP contribution < -0.4 is 32.3 Å². The van der Waals surface area contributed by atoms with Gasteiger partial charge in [-0.05, 0) is 223 Å². The molecular weight excluding hydrogens is 1810 g/mol. The Morgan fingerprint density at radius 1 is 0.322 bits per heavy atom. The number of ketones is 5. The molecule has 30 nitrogen and oxygen atoms in total. The molecule has 5 aromatic carbocycles. The first kappa shape index (κ1) is 96.1. The number of hydrogen-bond acceptors (Lipinski definition) is 19. The fraction of sp³-hybridized carbons (Fsp3) is 0.0536. The van der Waals surface area contributed by atoms with Crippen LogP contribution in [-0.4, -0.2) is 110 Å². The molecule has 0 saturated heterocycles. The zero-order valence-corrected chi connectivity index (χ0v) is 76.3. The van der Waals surface area contributed by atoms with Gasteiger partial charge < -0.3 is 54.3 Å². The second kappa shape index (κ2) is 45.1. The molecule has 5 amide bonds. The van der Waals surface area contributed by atoms with E-state index < -0.39 is 63.4 Å². The summed E-state index contributed by atoms with van der Waals surface area (Å²) in [5.74, 6) is -6.89. The van der Waals surface area contributed by atoms with E-state index in [0.29, 0.717) is 116 Å². The Labute approximate surface area is 815 Å². The number of pyridine rings is 10. The van der Waals surface area contributed by atoms with Crippen LogP contribution in [-0.2, 0) is 56.1 Å². The van der Waals surface area contributed by atoms with Gasteiger partial charge in [0.2, 0.25) is 0 Å². The maximum absolute atomic E-state index is 13.2. The number of halogens is 1. The second-order valence-electron chi connectivity index (χ2n) is 32.6. The predicted octanol–water partition coefficient (Wildman–Crippen LogP) is 18.5. The number of aryl methyl sites for hydroxylation is 1. The summed E-state index contributed by atoms with van der Waals surface area (Å²) in [6.07, 6.45) is 27.5. The molecule has 7 N–H and O–H groups in total. The number of nitro groups is 1. The molecule has 0 spiro atoms. The molecule has 20 aromatic rings.